The zero-order valence-electron chi connectivity index (χ0n) is 9.04. The molecule has 0 aliphatic carbocycles. The normalized spacial score (nSPS) is 12.4. The molecule has 0 fully saturated rings. The molecular formula is C14H11Cl2I. The Balaban J connectivity index is 2.14. The van der Waals surface area contributed by atoms with E-state index in [1.54, 1.807) is 0 Å². The minimum atomic E-state index is -0.0353. The molecule has 2 aromatic rings. The second-order valence-corrected chi connectivity index (χ2v) is 5.99. The highest BCUT2D eigenvalue weighted by molar-refractivity contribution is 14.1. The molecule has 0 aliphatic rings. The predicted octanol–water partition coefficient (Wildman–Crippen LogP) is 5.47. The number of benzene rings is 2. The number of alkyl halides is 1. The molecule has 0 N–H and O–H groups in total. The SMILES string of the molecule is Clc1ccccc1CC(Cl)c1ccc(I)cc1. The number of hydrogen-bond acceptors (Lipinski definition) is 0. The van der Waals surface area contributed by atoms with Gasteiger partial charge in [-0.3, -0.25) is 0 Å². The van der Waals surface area contributed by atoms with Crippen molar-refractivity contribution in [3.8, 4) is 0 Å². The van der Waals surface area contributed by atoms with E-state index in [2.05, 4.69) is 46.9 Å². The number of hydrogen-bond donors (Lipinski definition) is 0. The van der Waals surface area contributed by atoms with Crippen LogP contribution in [0.3, 0.4) is 0 Å². The smallest absolute Gasteiger partial charge is 0.0626 e. The van der Waals surface area contributed by atoms with Crippen LogP contribution in [0.1, 0.15) is 16.5 Å². The molecule has 88 valence electrons. The topological polar surface area (TPSA) is 0 Å². The lowest BCUT2D eigenvalue weighted by Crippen LogP contribution is -1.96. The standard InChI is InChI=1S/C14H11Cl2I/c15-13-4-2-1-3-11(13)9-14(16)10-5-7-12(17)8-6-10/h1-8,14H,9H2. The molecule has 1 unspecified atom stereocenters. The highest BCUT2D eigenvalue weighted by atomic mass is 127. The van der Waals surface area contributed by atoms with E-state index < -0.39 is 0 Å². The van der Waals surface area contributed by atoms with Gasteiger partial charge in [0.15, 0.2) is 0 Å². The first-order valence-electron chi connectivity index (χ1n) is 5.30. The molecule has 17 heavy (non-hydrogen) atoms. The lowest BCUT2D eigenvalue weighted by Gasteiger charge is -2.11. The summed E-state index contributed by atoms with van der Waals surface area (Å²) in [5, 5.41) is 0.746. The van der Waals surface area contributed by atoms with Gasteiger partial charge in [0.25, 0.3) is 0 Å². The monoisotopic (exact) mass is 376 g/mol. The summed E-state index contributed by atoms with van der Waals surface area (Å²) in [6.45, 7) is 0. The van der Waals surface area contributed by atoms with E-state index in [0.717, 1.165) is 22.6 Å². The number of halogens is 3. The van der Waals surface area contributed by atoms with Gasteiger partial charge in [0.1, 0.15) is 0 Å². The van der Waals surface area contributed by atoms with Crippen molar-refractivity contribution in [1.82, 2.24) is 0 Å². The molecular weight excluding hydrogens is 366 g/mol. The van der Waals surface area contributed by atoms with Crippen molar-refractivity contribution in [3.05, 3.63) is 68.3 Å². The van der Waals surface area contributed by atoms with E-state index in [0.29, 0.717) is 0 Å². The summed E-state index contributed by atoms with van der Waals surface area (Å²) in [7, 11) is 0. The fraction of sp³-hybridized carbons (Fsp3) is 0.143. The van der Waals surface area contributed by atoms with Gasteiger partial charge in [-0.1, -0.05) is 41.9 Å². The van der Waals surface area contributed by atoms with Gasteiger partial charge in [-0.25, -0.2) is 0 Å². The zero-order chi connectivity index (χ0) is 12.3. The van der Waals surface area contributed by atoms with Crippen LogP contribution in [0.15, 0.2) is 48.5 Å². The Morgan fingerprint density at radius 3 is 2.29 bits per heavy atom. The minimum Gasteiger partial charge on any atom is -0.117 e. The highest BCUT2D eigenvalue weighted by Crippen LogP contribution is 2.28. The van der Waals surface area contributed by atoms with Gasteiger partial charge in [0.05, 0.1) is 5.38 Å². The second kappa shape index (κ2) is 6.07. The quantitative estimate of drug-likeness (QED) is 0.492. The van der Waals surface area contributed by atoms with E-state index in [4.69, 9.17) is 23.2 Å². The average Bonchev–Trinajstić information content (AvgIpc) is 2.33. The van der Waals surface area contributed by atoms with Crippen molar-refractivity contribution in [3.63, 3.8) is 0 Å². The van der Waals surface area contributed by atoms with E-state index >= 15 is 0 Å². The third-order valence-electron chi connectivity index (χ3n) is 2.59. The molecule has 0 nitrogen and oxygen atoms in total. The lowest BCUT2D eigenvalue weighted by atomic mass is 10.0. The first kappa shape index (κ1) is 13.2. The Hall–Kier alpha value is -0.250. The summed E-state index contributed by atoms with van der Waals surface area (Å²) >= 11 is 14.8. The summed E-state index contributed by atoms with van der Waals surface area (Å²) in [4.78, 5) is 0. The Bertz CT molecular complexity index is 494. The fourth-order valence-corrected chi connectivity index (χ4v) is 2.53. The van der Waals surface area contributed by atoms with Crippen molar-refractivity contribution in [2.45, 2.75) is 11.8 Å². The minimum absolute atomic E-state index is 0.0353. The van der Waals surface area contributed by atoms with Gasteiger partial charge >= 0.3 is 0 Å². The largest absolute Gasteiger partial charge is 0.117 e. The van der Waals surface area contributed by atoms with Crippen LogP contribution in [0, 0.1) is 3.57 Å². The van der Waals surface area contributed by atoms with Crippen LogP contribution < -0.4 is 0 Å². The van der Waals surface area contributed by atoms with Gasteiger partial charge < -0.3 is 0 Å². The lowest BCUT2D eigenvalue weighted by molar-refractivity contribution is 0.920. The molecule has 0 amide bonds. The molecule has 0 heterocycles. The summed E-state index contributed by atoms with van der Waals surface area (Å²) in [6.07, 6.45) is 0.752. The molecule has 0 spiro atoms. The maximum Gasteiger partial charge on any atom is 0.0626 e. The predicted molar refractivity (Wildman–Crippen MR) is 82.9 cm³/mol. The fourth-order valence-electron chi connectivity index (χ4n) is 1.65. The van der Waals surface area contributed by atoms with Crippen molar-refractivity contribution in [2.24, 2.45) is 0 Å². The first-order valence-corrected chi connectivity index (χ1v) is 7.19. The molecule has 1 atom stereocenters. The summed E-state index contributed by atoms with van der Waals surface area (Å²) in [5.74, 6) is 0. The molecule has 0 aliphatic heterocycles. The Morgan fingerprint density at radius 1 is 1.00 bits per heavy atom. The zero-order valence-corrected chi connectivity index (χ0v) is 12.7. The summed E-state index contributed by atoms with van der Waals surface area (Å²) in [5.41, 5.74) is 2.22. The maximum atomic E-state index is 6.40. The molecule has 2 aromatic carbocycles. The number of rotatable bonds is 3. The van der Waals surface area contributed by atoms with Crippen molar-refractivity contribution in [2.75, 3.05) is 0 Å². The van der Waals surface area contributed by atoms with E-state index in [1.165, 1.54) is 3.57 Å². The Labute approximate surface area is 125 Å². The van der Waals surface area contributed by atoms with Crippen LogP contribution in [0.2, 0.25) is 5.02 Å². The van der Waals surface area contributed by atoms with Crippen LogP contribution in [0.5, 0.6) is 0 Å². The summed E-state index contributed by atoms with van der Waals surface area (Å²) < 4.78 is 1.22. The molecule has 3 heteroatoms. The van der Waals surface area contributed by atoms with Gasteiger partial charge in [-0.15, -0.1) is 11.6 Å². The van der Waals surface area contributed by atoms with Crippen LogP contribution in [0.4, 0.5) is 0 Å². The van der Waals surface area contributed by atoms with E-state index in [1.807, 2.05) is 24.3 Å². The Kier molecular flexibility index (Phi) is 4.71. The van der Waals surface area contributed by atoms with Crippen LogP contribution in [-0.4, -0.2) is 0 Å². The van der Waals surface area contributed by atoms with Gasteiger partial charge in [0, 0.05) is 8.59 Å². The molecule has 0 aromatic heterocycles. The second-order valence-electron chi connectivity index (χ2n) is 3.81. The third kappa shape index (κ3) is 3.60. The van der Waals surface area contributed by atoms with Gasteiger partial charge in [0.2, 0.25) is 0 Å². The Morgan fingerprint density at radius 2 is 1.65 bits per heavy atom. The molecule has 0 saturated heterocycles. The van der Waals surface area contributed by atoms with Crippen LogP contribution in [-0.2, 0) is 6.42 Å². The van der Waals surface area contributed by atoms with E-state index in [9.17, 15) is 0 Å². The van der Waals surface area contributed by atoms with Crippen molar-refractivity contribution < 1.29 is 0 Å². The van der Waals surface area contributed by atoms with Gasteiger partial charge in [-0.2, -0.15) is 0 Å². The van der Waals surface area contributed by atoms with Crippen LogP contribution in [0.25, 0.3) is 0 Å². The van der Waals surface area contributed by atoms with Gasteiger partial charge in [-0.05, 0) is 58.3 Å². The maximum absolute atomic E-state index is 6.40. The molecule has 0 bridgehead atoms. The summed E-state index contributed by atoms with van der Waals surface area (Å²) in [6, 6.07) is 16.1. The van der Waals surface area contributed by atoms with Crippen molar-refractivity contribution in [1.29, 1.82) is 0 Å². The molecule has 0 saturated carbocycles. The average molecular weight is 377 g/mol. The highest BCUT2D eigenvalue weighted by Gasteiger charge is 2.10. The van der Waals surface area contributed by atoms with Crippen LogP contribution >= 0.6 is 45.8 Å². The third-order valence-corrected chi connectivity index (χ3v) is 4.08. The van der Waals surface area contributed by atoms with E-state index in [-0.39, 0.29) is 5.38 Å². The molecule has 0 radical (unpaired) electrons. The molecule has 2 rings (SSSR count). The van der Waals surface area contributed by atoms with Crippen molar-refractivity contribution >= 4 is 45.8 Å². The first-order chi connectivity index (χ1) is 8.16.